The van der Waals surface area contributed by atoms with E-state index in [1.54, 1.807) is 49.9 Å². The number of aromatic hydroxyl groups is 2. The van der Waals surface area contributed by atoms with Crippen LogP contribution < -0.4 is 0 Å². The molecule has 1 heterocycles. The molecule has 0 saturated heterocycles. The predicted molar refractivity (Wildman–Crippen MR) is 160 cm³/mol. The van der Waals surface area contributed by atoms with Crippen LogP contribution in [0, 0.1) is 0 Å². The van der Waals surface area contributed by atoms with Gasteiger partial charge in [0.2, 0.25) is 0 Å². The lowest BCUT2D eigenvalue weighted by atomic mass is 10.0. The van der Waals surface area contributed by atoms with Crippen molar-refractivity contribution >= 4 is 23.5 Å². The number of Topliss-reactive ketones (excluding diaryl/α,β-unsaturated/α-hetero) is 2. The number of ether oxygens (including phenoxy) is 2. The molecule has 2 rings (SSSR count). The molecule has 2 N–H and O–H groups in total. The number of phenols is 1. The Labute approximate surface area is 253 Å². The van der Waals surface area contributed by atoms with E-state index in [2.05, 4.69) is 4.98 Å². The first-order valence-corrected chi connectivity index (χ1v) is 14.4. The number of phenolic OH excluding ortho intramolecular Hbond substituents is 1. The highest BCUT2D eigenvalue weighted by molar-refractivity contribution is 5.77. The number of aromatic nitrogens is 1. The summed E-state index contributed by atoms with van der Waals surface area (Å²) in [5.41, 5.74) is 1.77. The Morgan fingerprint density at radius 1 is 0.814 bits per heavy atom. The molecule has 11 heteroatoms. The fraction of sp³-hybridized carbons (Fsp3) is 0.531. The molecule has 0 unspecified atom stereocenters. The monoisotopic (exact) mass is 599 g/mol. The zero-order valence-electron chi connectivity index (χ0n) is 26.1. The number of aryl methyl sites for hydroxylation is 2. The van der Waals surface area contributed by atoms with Crippen molar-refractivity contribution in [1.82, 2.24) is 14.8 Å². The molecular weight excluding hydrogens is 554 g/mol. The molecule has 0 aliphatic heterocycles. The number of pyridine rings is 1. The van der Waals surface area contributed by atoms with E-state index in [0.29, 0.717) is 49.3 Å². The van der Waals surface area contributed by atoms with Gasteiger partial charge < -0.3 is 24.5 Å². The molecule has 43 heavy (non-hydrogen) atoms. The summed E-state index contributed by atoms with van der Waals surface area (Å²) in [4.78, 5) is 56.2. The molecule has 0 fully saturated rings. The topological polar surface area (TPSA) is 147 Å². The zero-order valence-corrected chi connectivity index (χ0v) is 26.1. The number of benzene rings is 1. The van der Waals surface area contributed by atoms with Crippen molar-refractivity contribution in [3.05, 3.63) is 52.8 Å². The predicted octanol–water partition coefficient (Wildman–Crippen LogP) is 3.35. The number of carbonyl (C=O) groups is 4. The number of carbonyl (C=O) groups excluding carboxylic acids is 4. The number of nitrogens with zero attached hydrogens (tertiary/aromatic N) is 3. The van der Waals surface area contributed by atoms with Gasteiger partial charge in [-0.25, -0.2) is 0 Å². The minimum absolute atomic E-state index is 0.0324. The number of hydrogen-bond donors (Lipinski definition) is 2. The first-order valence-electron chi connectivity index (χ1n) is 14.4. The van der Waals surface area contributed by atoms with Gasteiger partial charge in [0.05, 0.1) is 25.9 Å². The quantitative estimate of drug-likeness (QED) is 0.258. The second-order valence-corrected chi connectivity index (χ2v) is 11.7. The van der Waals surface area contributed by atoms with Crippen LogP contribution in [-0.4, -0.2) is 87.4 Å². The maximum Gasteiger partial charge on any atom is 0.320 e. The van der Waals surface area contributed by atoms with Gasteiger partial charge in [-0.3, -0.25) is 29.2 Å². The van der Waals surface area contributed by atoms with E-state index in [1.807, 2.05) is 4.90 Å². The smallest absolute Gasteiger partial charge is 0.320 e. The van der Waals surface area contributed by atoms with Crippen LogP contribution in [0.25, 0.3) is 0 Å². The zero-order chi connectivity index (χ0) is 32.2. The van der Waals surface area contributed by atoms with Crippen molar-refractivity contribution in [3.8, 4) is 11.5 Å². The number of methoxy groups -OCH3 is 1. The molecule has 0 amide bonds. The summed E-state index contributed by atoms with van der Waals surface area (Å²) in [6.07, 6.45) is 1.41. The third-order valence-corrected chi connectivity index (χ3v) is 6.45. The van der Waals surface area contributed by atoms with Crippen LogP contribution in [0.1, 0.15) is 70.0 Å². The summed E-state index contributed by atoms with van der Waals surface area (Å²) in [6.45, 7) is 9.39. The summed E-state index contributed by atoms with van der Waals surface area (Å²) in [7, 11) is 1.33. The van der Waals surface area contributed by atoms with E-state index in [4.69, 9.17) is 9.47 Å². The summed E-state index contributed by atoms with van der Waals surface area (Å²) < 4.78 is 10.2. The Balaban J connectivity index is 2.26. The lowest BCUT2D eigenvalue weighted by molar-refractivity contribution is -0.156. The number of esters is 2. The largest absolute Gasteiger partial charge is 0.508 e. The third-order valence-electron chi connectivity index (χ3n) is 6.45. The minimum Gasteiger partial charge on any atom is -0.508 e. The molecule has 0 atom stereocenters. The van der Waals surface area contributed by atoms with Gasteiger partial charge in [-0.15, -0.1) is 0 Å². The Hall–Kier alpha value is -3.83. The summed E-state index contributed by atoms with van der Waals surface area (Å²) in [5, 5.41) is 21.1. The van der Waals surface area contributed by atoms with Gasteiger partial charge in [0.15, 0.2) is 0 Å². The van der Waals surface area contributed by atoms with E-state index in [-0.39, 0.29) is 61.6 Å². The molecule has 0 radical (unpaired) electrons. The molecule has 11 nitrogen and oxygen atoms in total. The van der Waals surface area contributed by atoms with Crippen molar-refractivity contribution in [1.29, 1.82) is 0 Å². The Morgan fingerprint density at radius 3 is 2.07 bits per heavy atom. The molecule has 2 aromatic rings. The van der Waals surface area contributed by atoms with Crippen LogP contribution in [0.15, 0.2) is 30.3 Å². The average Bonchev–Trinajstić information content (AvgIpc) is 2.90. The molecule has 1 aromatic heterocycles. The van der Waals surface area contributed by atoms with Gasteiger partial charge in [0.1, 0.15) is 28.7 Å². The van der Waals surface area contributed by atoms with Crippen LogP contribution in [-0.2, 0) is 54.6 Å². The first kappa shape index (κ1) is 35.4. The van der Waals surface area contributed by atoms with Gasteiger partial charge >= 0.3 is 11.9 Å². The molecule has 236 valence electrons. The highest BCUT2D eigenvalue weighted by Crippen LogP contribution is 2.22. The number of rotatable bonds is 17. The Bertz CT molecular complexity index is 1270. The second kappa shape index (κ2) is 16.7. The van der Waals surface area contributed by atoms with Crippen molar-refractivity contribution in [2.45, 2.75) is 79.0 Å². The van der Waals surface area contributed by atoms with Gasteiger partial charge in [-0.1, -0.05) is 12.1 Å². The minimum atomic E-state index is -0.688. The maximum absolute atomic E-state index is 12.8. The molecule has 0 spiro atoms. The van der Waals surface area contributed by atoms with Gasteiger partial charge in [-0.05, 0) is 71.2 Å². The Morgan fingerprint density at radius 2 is 1.47 bits per heavy atom. The van der Waals surface area contributed by atoms with Gasteiger partial charge in [0.25, 0.3) is 0 Å². The average molecular weight is 600 g/mol. The van der Waals surface area contributed by atoms with E-state index >= 15 is 0 Å². The van der Waals surface area contributed by atoms with Gasteiger partial charge in [-0.2, -0.15) is 0 Å². The lowest BCUT2D eigenvalue weighted by Crippen LogP contribution is -2.40. The molecule has 0 aliphatic carbocycles. The fourth-order valence-electron chi connectivity index (χ4n) is 4.40. The van der Waals surface area contributed by atoms with Crippen molar-refractivity contribution < 1.29 is 38.9 Å². The van der Waals surface area contributed by atoms with Crippen LogP contribution in [0.5, 0.6) is 11.5 Å². The van der Waals surface area contributed by atoms with Crippen molar-refractivity contribution in [3.63, 3.8) is 0 Å². The van der Waals surface area contributed by atoms with E-state index in [1.165, 1.54) is 27.0 Å². The van der Waals surface area contributed by atoms with Crippen LogP contribution in [0.3, 0.4) is 0 Å². The fourth-order valence-corrected chi connectivity index (χ4v) is 4.40. The standard InChI is InChI=1S/C32H45N3O8/c1-22(36)7-10-26-11-13-29(39)27(33-26)20-35(21-31(41)43-32(3,4)5)16-15-34(18-23(2)37)19-25-17-24(8-12-28(25)38)9-14-30(40)42-6/h8,11-13,17,38-39H,7,9-10,14-16,18-21H2,1-6H3. The second-order valence-electron chi connectivity index (χ2n) is 11.7. The van der Waals surface area contributed by atoms with Crippen LogP contribution in [0.2, 0.25) is 0 Å². The number of ketones is 2. The molecule has 0 saturated carbocycles. The van der Waals surface area contributed by atoms with Crippen LogP contribution in [0.4, 0.5) is 0 Å². The highest BCUT2D eigenvalue weighted by atomic mass is 16.6. The maximum atomic E-state index is 12.8. The third kappa shape index (κ3) is 13.8. The highest BCUT2D eigenvalue weighted by Gasteiger charge is 2.22. The summed E-state index contributed by atoms with van der Waals surface area (Å²) in [5.74, 6) is -0.782. The first-order chi connectivity index (χ1) is 20.1. The SMILES string of the molecule is COC(=O)CCc1ccc(O)c(CN(CCN(CC(=O)OC(C)(C)C)Cc2nc(CCC(C)=O)ccc2O)CC(C)=O)c1. The van der Waals surface area contributed by atoms with E-state index in [9.17, 15) is 29.4 Å². The van der Waals surface area contributed by atoms with Crippen molar-refractivity contribution in [2.24, 2.45) is 0 Å². The normalized spacial score (nSPS) is 11.5. The molecule has 0 aliphatic rings. The molecule has 0 bridgehead atoms. The van der Waals surface area contributed by atoms with Crippen molar-refractivity contribution in [2.75, 3.05) is 33.3 Å². The molecule has 1 aromatic carbocycles. The Kier molecular flexibility index (Phi) is 13.7. The van der Waals surface area contributed by atoms with Gasteiger partial charge in [0, 0.05) is 50.3 Å². The van der Waals surface area contributed by atoms with E-state index < -0.39 is 11.6 Å². The molecular formula is C32H45N3O8. The summed E-state index contributed by atoms with van der Waals surface area (Å²) >= 11 is 0. The number of hydrogen-bond acceptors (Lipinski definition) is 11. The van der Waals surface area contributed by atoms with E-state index in [0.717, 1.165) is 5.56 Å². The summed E-state index contributed by atoms with van der Waals surface area (Å²) in [6, 6.07) is 8.31. The van der Waals surface area contributed by atoms with Crippen LogP contribution >= 0.6 is 0 Å². The lowest BCUT2D eigenvalue weighted by Gasteiger charge is -2.28.